The smallest absolute Gasteiger partial charge is 0.240 e. The Morgan fingerprint density at radius 3 is 3.18 bits per heavy atom. The van der Waals surface area contributed by atoms with E-state index in [1.807, 2.05) is 12.1 Å². The summed E-state index contributed by atoms with van der Waals surface area (Å²) in [5.41, 5.74) is 0.585. The Morgan fingerprint density at radius 2 is 2.41 bits per heavy atom. The summed E-state index contributed by atoms with van der Waals surface area (Å²) in [6.07, 6.45) is 3.99. The molecule has 17 heavy (non-hydrogen) atoms. The van der Waals surface area contributed by atoms with E-state index < -0.39 is 0 Å². The number of nitrogens with zero attached hydrogens (tertiary/aromatic N) is 2. The summed E-state index contributed by atoms with van der Waals surface area (Å²) in [6.45, 7) is 2.08. The van der Waals surface area contributed by atoms with Crippen molar-refractivity contribution in [2.45, 2.75) is 18.9 Å². The van der Waals surface area contributed by atoms with E-state index in [0.717, 1.165) is 31.7 Å². The Kier molecular flexibility index (Phi) is 3.91. The van der Waals surface area contributed by atoms with Gasteiger partial charge in [-0.25, -0.2) is 4.79 Å². The summed E-state index contributed by atoms with van der Waals surface area (Å²) in [5.74, 6) is 0.766. The number of likely N-dealkylation sites (tertiary alicyclic amines) is 1. The zero-order valence-corrected chi connectivity index (χ0v) is 9.93. The monoisotopic (exact) mass is 232 g/mol. The quantitative estimate of drug-likeness (QED) is 0.592. The molecule has 4 nitrogen and oxygen atoms in total. The standard InChI is InChI=1S/C13H16N2O2/c1-15-7-3-6-13(9-15)17-12-5-2-4-11(8-12)14-10-16/h2,4-5,8,13H,3,6-7,9H2,1H3. The van der Waals surface area contributed by atoms with E-state index >= 15 is 0 Å². The number of isocyanates is 1. The van der Waals surface area contributed by atoms with Gasteiger partial charge in [-0.15, -0.1) is 0 Å². The summed E-state index contributed by atoms with van der Waals surface area (Å²) < 4.78 is 5.88. The van der Waals surface area contributed by atoms with Crippen molar-refractivity contribution in [3.05, 3.63) is 24.3 Å². The van der Waals surface area contributed by atoms with Crippen molar-refractivity contribution in [3.63, 3.8) is 0 Å². The van der Waals surface area contributed by atoms with Crippen molar-refractivity contribution >= 4 is 11.8 Å². The van der Waals surface area contributed by atoms with Crippen LogP contribution in [-0.4, -0.2) is 37.2 Å². The third-order valence-corrected chi connectivity index (χ3v) is 2.88. The molecule has 0 aliphatic carbocycles. The Bertz CT molecular complexity index is 427. The Hall–Kier alpha value is -1.64. The van der Waals surface area contributed by atoms with Gasteiger partial charge in [0.1, 0.15) is 11.9 Å². The lowest BCUT2D eigenvalue weighted by Crippen LogP contribution is -2.38. The highest BCUT2D eigenvalue weighted by atomic mass is 16.5. The van der Waals surface area contributed by atoms with Crippen LogP contribution < -0.4 is 4.74 Å². The van der Waals surface area contributed by atoms with Gasteiger partial charge in [0.25, 0.3) is 0 Å². The first-order valence-corrected chi connectivity index (χ1v) is 5.81. The number of piperidine rings is 1. The lowest BCUT2D eigenvalue weighted by Gasteiger charge is -2.30. The molecule has 90 valence electrons. The second-order valence-corrected chi connectivity index (χ2v) is 4.34. The first kappa shape index (κ1) is 11.8. The molecule has 1 aromatic rings. The molecule has 0 radical (unpaired) electrons. The van der Waals surface area contributed by atoms with E-state index in [2.05, 4.69) is 16.9 Å². The van der Waals surface area contributed by atoms with Crippen molar-refractivity contribution in [1.29, 1.82) is 0 Å². The average molecular weight is 232 g/mol. The van der Waals surface area contributed by atoms with Crippen molar-refractivity contribution in [2.75, 3.05) is 20.1 Å². The van der Waals surface area contributed by atoms with Gasteiger partial charge in [-0.2, -0.15) is 4.99 Å². The third-order valence-electron chi connectivity index (χ3n) is 2.88. The van der Waals surface area contributed by atoms with Gasteiger partial charge >= 0.3 is 0 Å². The molecule has 0 bridgehead atoms. The predicted molar refractivity (Wildman–Crippen MR) is 65.4 cm³/mol. The second kappa shape index (κ2) is 5.62. The maximum Gasteiger partial charge on any atom is 0.240 e. The van der Waals surface area contributed by atoms with Crippen LogP contribution >= 0.6 is 0 Å². The van der Waals surface area contributed by atoms with Crippen LogP contribution in [0.3, 0.4) is 0 Å². The Morgan fingerprint density at radius 1 is 1.53 bits per heavy atom. The van der Waals surface area contributed by atoms with E-state index in [1.54, 1.807) is 12.1 Å². The van der Waals surface area contributed by atoms with Crippen molar-refractivity contribution < 1.29 is 9.53 Å². The molecule has 4 heteroatoms. The van der Waals surface area contributed by atoms with Gasteiger partial charge < -0.3 is 9.64 Å². The molecule has 2 rings (SSSR count). The number of aliphatic imine (C=N–C) groups is 1. The maximum absolute atomic E-state index is 10.2. The fourth-order valence-corrected chi connectivity index (χ4v) is 2.09. The average Bonchev–Trinajstić information content (AvgIpc) is 2.30. The first-order chi connectivity index (χ1) is 8.28. The van der Waals surface area contributed by atoms with E-state index in [4.69, 9.17) is 4.74 Å². The molecule has 1 aliphatic heterocycles. The molecule has 1 aromatic carbocycles. The second-order valence-electron chi connectivity index (χ2n) is 4.34. The number of rotatable bonds is 3. The minimum atomic E-state index is 0.226. The lowest BCUT2D eigenvalue weighted by molar-refractivity contribution is 0.104. The van der Waals surface area contributed by atoms with Crippen LogP contribution in [0.25, 0.3) is 0 Å². The molecule has 0 N–H and O–H groups in total. The molecule has 1 aliphatic rings. The fourth-order valence-electron chi connectivity index (χ4n) is 2.09. The minimum Gasteiger partial charge on any atom is -0.489 e. The fraction of sp³-hybridized carbons (Fsp3) is 0.462. The summed E-state index contributed by atoms with van der Waals surface area (Å²) in [7, 11) is 2.10. The largest absolute Gasteiger partial charge is 0.489 e. The van der Waals surface area contributed by atoms with Crippen molar-refractivity contribution in [2.24, 2.45) is 4.99 Å². The summed E-state index contributed by atoms with van der Waals surface area (Å²) in [6, 6.07) is 7.24. The normalized spacial score (nSPS) is 20.6. The van der Waals surface area contributed by atoms with Crippen LogP contribution in [0.15, 0.2) is 29.3 Å². The van der Waals surface area contributed by atoms with Gasteiger partial charge in [0.15, 0.2) is 0 Å². The van der Waals surface area contributed by atoms with Crippen LogP contribution in [0.2, 0.25) is 0 Å². The van der Waals surface area contributed by atoms with Gasteiger partial charge in [0.05, 0.1) is 5.69 Å². The topological polar surface area (TPSA) is 41.9 Å². The minimum absolute atomic E-state index is 0.226. The van der Waals surface area contributed by atoms with Gasteiger partial charge in [-0.3, -0.25) is 0 Å². The number of ether oxygens (including phenoxy) is 1. The highest BCUT2D eigenvalue weighted by Crippen LogP contribution is 2.22. The van der Waals surface area contributed by atoms with Crippen LogP contribution in [0.1, 0.15) is 12.8 Å². The predicted octanol–water partition coefficient (Wildman–Crippen LogP) is 2.13. The number of likely N-dealkylation sites (N-methyl/N-ethyl adjacent to an activating group) is 1. The highest BCUT2D eigenvalue weighted by Gasteiger charge is 2.18. The SMILES string of the molecule is CN1CCCC(Oc2cccc(N=C=O)c2)C1. The van der Waals surface area contributed by atoms with Crippen LogP contribution in [0.5, 0.6) is 5.75 Å². The molecular formula is C13H16N2O2. The molecular weight excluding hydrogens is 216 g/mol. The zero-order valence-electron chi connectivity index (χ0n) is 9.93. The van der Waals surface area contributed by atoms with Gasteiger partial charge in [-0.1, -0.05) is 6.07 Å². The van der Waals surface area contributed by atoms with E-state index in [-0.39, 0.29) is 6.10 Å². The summed E-state index contributed by atoms with van der Waals surface area (Å²) in [4.78, 5) is 16.0. The number of hydrogen-bond acceptors (Lipinski definition) is 4. The molecule has 1 saturated heterocycles. The lowest BCUT2D eigenvalue weighted by atomic mass is 10.1. The van der Waals surface area contributed by atoms with Gasteiger partial charge in [-0.05, 0) is 38.6 Å². The molecule has 1 fully saturated rings. The summed E-state index contributed by atoms with van der Waals surface area (Å²) in [5, 5.41) is 0. The van der Waals surface area contributed by atoms with E-state index in [0.29, 0.717) is 5.69 Å². The molecule has 0 saturated carbocycles. The van der Waals surface area contributed by atoms with E-state index in [9.17, 15) is 4.79 Å². The first-order valence-electron chi connectivity index (χ1n) is 5.81. The van der Waals surface area contributed by atoms with Crippen LogP contribution in [0, 0.1) is 0 Å². The number of hydrogen-bond donors (Lipinski definition) is 0. The zero-order chi connectivity index (χ0) is 12.1. The molecule has 0 amide bonds. The summed E-state index contributed by atoms with van der Waals surface area (Å²) >= 11 is 0. The molecule has 0 spiro atoms. The van der Waals surface area contributed by atoms with Crippen molar-refractivity contribution in [3.8, 4) is 5.75 Å². The third kappa shape index (κ3) is 3.41. The Balaban J connectivity index is 2.02. The van der Waals surface area contributed by atoms with E-state index in [1.165, 1.54) is 6.08 Å². The van der Waals surface area contributed by atoms with Crippen LogP contribution in [-0.2, 0) is 4.79 Å². The number of carbonyl (C=O) groups excluding carboxylic acids is 1. The molecule has 1 heterocycles. The van der Waals surface area contributed by atoms with Gasteiger partial charge in [0, 0.05) is 12.6 Å². The molecule has 1 unspecified atom stereocenters. The number of benzene rings is 1. The van der Waals surface area contributed by atoms with Gasteiger partial charge in [0.2, 0.25) is 6.08 Å². The Labute approximate surface area is 101 Å². The van der Waals surface area contributed by atoms with Crippen LogP contribution in [0.4, 0.5) is 5.69 Å². The molecule has 0 aromatic heterocycles. The van der Waals surface area contributed by atoms with Crippen molar-refractivity contribution in [1.82, 2.24) is 4.90 Å². The molecule has 1 atom stereocenters. The highest BCUT2D eigenvalue weighted by molar-refractivity contribution is 5.51. The maximum atomic E-state index is 10.2.